The predicted molar refractivity (Wildman–Crippen MR) is 79.7 cm³/mol. The molecule has 2 rings (SSSR count). The highest BCUT2D eigenvalue weighted by molar-refractivity contribution is 6.36. The van der Waals surface area contributed by atoms with Gasteiger partial charge in [-0.2, -0.15) is 0 Å². The maximum absolute atomic E-state index is 6.36. The molecule has 1 heterocycles. The van der Waals surface area contributed by atoms with Gasteiger partial charge in [0.1, 0.15) is 0 Å². The lowest BCUT2D eigenvalue weighted by Gasteiger charge is -2.16. The van der Waals surface area contributed by atoms with E-state index < -0.39 is 0 Å². The molecule has 0 bridgehead atoms. The summed E-state index contributed by atoms with van der Waals surface area (Å²) in [5.74, 6) is 0. The highest BCUT2D eigenvalue weighted by Gasteiger charge is 2.13. The summed E-state index contributed by atoms with van der Waals surface area (Å²) in [7, 11) is 0. The number of hydrogen-bond donors (Lipinski definition) is 1. The van der Waals surface area contributed by atoms with E-state index in [0.717, 1.165) is 45.8 Å². The van der Waals surface area contributed by atoms with Crippen molar-refractivity contribution in [3.05, 3.63) is 34.0 Å². The number of anilines is 1. The molecule has 3 heteroatoms. The van der Waals surface area contributed by atoms with Crippen LogP contribution in [0.1, 0.15) is 30.2 Å². The van der Waals surface area contributed by atoms with Crippen LogP contribution in [-0.4, -0.2) is 11.5 Å². The fourth-order valence-electron chi connectivity index (χ4n) is 2.14. The monoisotopic (exact) mass is 262 g/mol. The molecule has 1 aromatic heterocycles. The molecule has 0 spiro atoms. The molecule has 18 heavy (non-hydrogen) atoms. The van der Waals surface area contributed by atoms with Gasteiger partial charge in [0, 0.05) is 23.3 Å². The standard InChI is InChI=1S/C15H19ClN2/c1-5-8-17-15-10(3)11(4)18-14-9(2)6-7-12(16)13(14)15/h6-7H,5,8H2,1-4H3,(H,17,18). The molecule has 1 aromatic carbocycles. The molecule has 0 saturated heterocycles. The molecule has 96 valence electrons. The highest BCUT2D eigenvalue weighted by Crippen LogP contribution is 2.34. The van der Waals surface area contributed by atoms with E-state index in [1.807, 2.05) is 19.1 Å². The lowest BCUT2D eigenvalue weighted by molar-refractivity contribution is 0.977. The summed E-state index contributed by atoms with van der Waals surface area (Å²) in [5.41, 5.74) is 5.55. The van der Waals surface area contributed by atoms with E-state index in [0.29, 0.717) is 0 Å². The summed E-state index contributed by atoms with van der Waals surface area (Å²) in [4.78, 5) is 4.68. The number of pyridine rings is 1. The van der Waals surface area contributed by atoms with Crippen LogP contribution in [0.5, 0.6) is 0 Å². The Morgan fingerprint density at radius 3 is 2.61 bits per heavy atom. The van der Waals surface area contributed by atoms with E-state index in [-0.39, 0.29) is 0 Å². The smallest absolute Gasteiger partial charge is 0.0770 e. The third-order valence-electron chi connectivity index (χ3n) is 3.33. The van der Waals surface area contributed by atoms with Crippen molar-refractivity contribution in [1.29, 1.82) is 0 Å². The van der Waals surface area contributed by atoms with Crippen molar-refractivity contribution in [2.45, 2.75) is 34.1 Å². The van der Waals surface area contributed by atoms with Gasteiger partial charge in [0.2, 0.25) is 0 Å². The van der Waals surface area contributed by atoms with Crippen molar-refractivity contribution in [3.63, 3.8) is 0 Å². The highest BCUT2D eigenvalue weighted by atomic mass is 35.5. The SMILES string of the molecule is CCCNc1c(C)c(C)nc2c(C)ccc(Cl)c12. The van der Waals surface area contributed by atoms with Crippen LogP contribution in [0.3, 0.4) is 0 Å². The van der Waals surface area contributed by atoms with Crippen molar-refractivity contribution in [2.24, 2.45) is 0 Å². The number of aromatic nitrogens is 1. The van der Waals surface area contributed by atoms with Gasteiger partial charge in [0.15, 0.2) is 0 Å². The van der Waals surface area contributed by atoms with Gasteiger partial charge < -0.3 is 5.32 Å². The molecule has 2 aromatic rings. The summed E-state index contributed by atoms with van der Waals surface area (Å²) < 4.78 is 0. The van der Waals surface area contributed by atoms with Crippen LogP contribution >= 0.6 is 11.6 Å². The molecule has 0 aliphatic heterocycles. The van der Waals surface area contributed by atoms with E-state index in [4.69, 9.17) is 11.6 Å². The zero-order valence-corrected chi connectivity index (χ0v) is 12.2. The first kappa shape index (κ1) is 13.2. The van der Waals surface area contributed by atoms with E-state index in [1.54, 1.807) is 0 Å². The Morgan fingerprint density at radius 2 is 1.94 bits per heavy atom. The molecule has 0 unspecified atom stereocenters. The molecule has 0 fully saturated rings. The summed E-state index contributed by atoms with van der Waals surface area (Å²) in [6.45, 7) is 9.32. The lowest BCUT2D eigenvalue weighted by Crippen LogP contribution is -2.05. The van der Waals surface area contributed by atoms with E-state index in [2.05, 4.69) is 31.1 Å². The fraction of sp³-hybridized carbons (Fsp3) is 0.400. The van der Waals surface area contributed by atoms with Crippen LogP contribution in [0.2, 0.25) is 5.02 Å². The lowest BCUT2D eigenvalue weighted by atomic mass is 10.0. The Bertz CT molecular complexity index is 591. The van der Waals surface area contributed by atoms with Gasteiger partial charge in [-0.25, -0.2) is 0 Å². The Hall–Kier alpha value is -1.28. The molecule has 2 nitrogen and oxygen atoms in total. The van der Waals surface area contributed by atoms with E-state index >= 15 is 0 Å². The third kappa shape index (κ3) is 2.17. The minimum absolute atomic E-state index is 0.768. The second kappa shape index (κ2) is 5.15. The van der Waals surface area contributed by atoms with Crippen LogP contribution in [-0.2, 0) is 0 Å². The molecule has 0 saturated carbocycles. The third-order valence-corrected chi connectivity index (χ3v) is 3.64. The van der Waals surface area contributed by atoms with Crippen LogP contribution in [0.4, 0.5) is 5.69 Å². The summed E-state index contributed by atoms with van der Waals surface area (Å²) >= 11 is 6.36. The Labute approximate surface area is 113 Å². The van der Waals surface area contributed by atoms with Crippen LogP contribution < -0.4 is 5.32 Å². The van der Waals surface area contributed by atoms with Crippen molar-refractivity contribution in [3.8, 4) is 0 Å². The average Bonchev–Trinajstić information content (AvgIpc) is 2.35. The van der Waals surface area contributed by atoms with Gasteiger partial charge in [-0.05, 0) is 44.4 Å². The summed E-state index contributed by atoms with van der Waals surface area (Å²) in [6.07, 6.45) is 1.09. The van der Waals surface area contributed by atoms with Crippen molar-refractivity contribution in [2.75, 3.05) is 11.9 Å². The van der Waals surface area contributed by atoms with Crippen LogP contribution in [0.25, 0.3) is 10.9 Å². The zero-order chi connectivity index (χ0) is 13.3. The number of fused-ring (bicyclic) bond motifs is 1. The molecule has 0 amide bonds. The Kier molecular flexibility index (Phi) is 3.76. The van der Waals surface area contributed by atoms with Gasteiger partial charge >= 0.3 is 0 Å². The first-order chi connectivity index (χ1) is 8.56. The number of nitrogens with zero attached hydrogens (tertiary/aromatic N) is 1. The number of hydrogen-bond acceptors (Lipinski definition) is 2. The Morgan fingerprint density at radius 1 is 1.22 bits per heavy atom. The van der Waals surface area contributed by atoms with E-state index in [1.165, 1.54) is 5.56 Å². The topological polar surface area (TPSA) is 24.9 Å². The number of halogens is 1. The first-order valence-corrected chi connectivity index (χ1v) is 6.74. The number of benzene rings is 1. The van der Waals surface area contributed by atoms with Crippen LogP contribution in [0, 0.1) is 20.8 Å². The van der Waals surface area contributed by atoms with Gasteiger partial charge in [0.05, 0.1) is 10.5 Å². The molecule has 0 atom stereocenters. The maximum atomic E-state index is 6.36. The van der Waals surface area contributed by atoms with Crippen LogP contribution in [0.15, 0.2) is 12.1 Å². The summed E-state index contributed by atoms with van der Waals surface area (Å²) in [5, 5.41) is 5.31. The Balaban J connectivity index is 2.79. The average molecular weight is 263 g/mol. The number of nitrogens with one attached hydrogen (secondary N) is 1. The minimum atomic E-state index is 0.768. The molecule has 1 N–H and O–H groups in total. The quantitative estimate of drug-likeness (QED) is 0.872. The second-order valence-electron chi connectivity index (χ2n) is 4.71. The molecule has 0 radical (unpaired) electrons. The van der Waals surface area contributed by atoms with E-state index in [9.17, 15) is 0 Å². The molecular formula is C15H19ClN2. The van der Waals surface area contributed by atoms with Gasteiger partial charge in [-0.3, -0.25) is 4.98 Å². The minimum Gasteiger partial charge on any atom is -0.384 e. The fourth-order valence-corrected chi connectivity index (χ4v) is 2.39. The number of aryl methyl sites for hydroxylation is 2. The first-order valence-electron chi connectivity index (χ1n) is 6.36. The normalized spacial score (nSPS) is 10.9. The van der Waals surface area contributed by atoms with Gasteiger partial charge in [0.25, 0.3) is 0 Å². The molecule has 0 aliphatic rings. The van der Waals surface area contributed by atoms with Gasteiger partial charge in [-0.15, -0.1) is 0 Å². The zero-order valence-electron chi connectivity index (χ0n) is 11.4. The second-order valence-corrected chi connectivity index (χ2v) is 5.12. The maximum Gasteiger partial charge on any atom is 0.0770 e. The molecule has 0 aliphatic carbocycles. The molecular weight excluding hydrogens is 244 g/mol. The largest absolute Gasteiger partial charge is 0.384 e. The van der Waals surface area contributed by atoms with Crippen molar-refractivity contribution < 1.29 is 0 Å². The summed E-state index contributed by atoms with van der Waals surface area (Å²) in [6, 6.07) is 3.98. The van der Waals surface area contributed by atoms with Crippen molar-refractivity contribution >= 4 is 28.2 Å². The number of rotatable bonds is 3. The van der Waals surface area contributed by atoms with Crippen molar-refractivity contribution in [1.82, 2.24) is 4.98 Å². The predicted octanol–water partition coefficient (Wildman–Crippen LogP) is 4.64. The van der Waals surface area contributed by atoms with Gasteiger partial charge in [-0.1, -0.05) is 24.6 Å².